The van der Waals surface area contributed by atoms with Crippen LogP contribution in [0.5, 0.6) is 0 Å². The molecular formula is C24H25NO6S. The van der Waals surface area contributed by atoms with Crippen molar-refractivity contribution in [1.29, 1.82) is 0 Å². The zero-order valence-electron chi connectivity index (χ0n) is 18.4. The summed E-state index contributed by atoms with van der Waals surface area (Å²) in [4.78, 5) is 25.1. The van der Waals surface area contributed by atoms with Gasteiger partial charge in [0.1, 0.15) is 5.76 Å². The maximum Gasteiger partial charge on any atom is 0.338 e. The number of ether oxygens (including phenoxy) is 1. The van der Waals surface area contributed by atoms with Crippen LogP contribution in [0.15, 0.2) is 58.0 Å². The lowest BCUT2D eigenvalue weighted by Crippen LogP contribution is -2.23. The van der Waals surface area contributed by atoms with Crippen LogP contribution < -0.4 is 4.72 Å². The molecule has 0 saturated carbocycles. The first kappa shape index (κ1) is 23.4. The number of nitrogens with one attached hydrogen (secondary N) is 1. The summed E-state index contributed by atoms with van der Waals surface area (Å²) in [6, 6.07) is 10.7. The lowest BCUT2D eigenvalue weighted by atomic mass is 9.92. The molecule has 2 aromatic carbocycles. The van der Waals surface area contributed by atoms with Crippen molar-refractivity contribution in [2.45, 2.75) is 39.1 Å². The van der Waals surface area contributed by atoms with Gasteiger partial charge in [0.15, 0.2) is 6.61 Å². The summed E-state index contributed by atoms with van der Waals surface area (Å²) in [6.45, 7) is 7.23. The minimum atomic E-state index is -3.77. The first-order chi connectivity index (χ1) is 15.1. The Morgan fingerprint density at radius 1 is 0.969 bits per heavy atom. The van der Waals surface area contributed by atoms with Crippen LogP contribution in [0.1, 0.15) is 48.7 Å². The number of benzene rings is 2. The van der Waals surface area contributed by atoms with Crippen LogP contribution in [0.25, 0.3) is 0 Å². The number of aryl methyl sites for hydroxylation is 2. The van der Waals surface area contributed by atoms with Gasteiger partial charge in [-0.2, -0.15) is 0 Å². The second-order valence-electron chi connectivity index (χ2n) is 7.56. The Morgan fingerprint density at radius 2 is 1.59 bits per heavy atom. The van der Waals surface area contributed by atoms with Crippen LogP contribution in [0.4, 0.5) is 0 Å². The van der Waals surface area contributed by atoms with Crippen LogP contribution >= 0.6 is 0 Å². The number of carbonyl (C=O) groups excluding carboxylic acids is 2. The van der Waals surface area contributed by atoms with E-state index in [9.17, 15) is 18.0 Å². The zero-order valence-corrected chi connectivity index (χ0v) is 19.2. The third kappa shape index (κ3) is 5.15. The fourth-order valence-corrected chi connectivity index (χ4v) is 4.35. The molecule has 0 bridgehead atoms. The first-order valence-electron chi connectivity index (χ1n) is 10.00. The SMILES string of the molecule is Cc1cc(C)c(C)c(C(=O)COC(=O)c2ccc(S(=O)(=O)NCc3ccco3)cc2)c1C. The molecule has 3 rings (SSSR count). The topological polar surface area (TPSA) is 103 Å². The van der Waals surface area contributed by atoms with Gasteiger partial charge in [0.05, 0.1) is 23.3 Å². The Labute approximate surface area is 187 Å². The van der Waals surface area contributed by atoms with E-state index in [2.05, 4.69) is 4.72 Å². The van der Waals surface area contributed by atoms with Crippen molar-refractivity contribution in [2.75, 3.05) is 6.61 Å². The molecule has 0 aliphatic carbocycles. The molecule has 0 unspecified atom stereocenters. The van der Waals surface area contributed by atoms with E-state index >= 15 is 0 Å². The van der Waals surface area contributed by atoms with Gasteiger partial charge < -0.3 is 9.15 Å². The van der Waals surface area contributed by atoms with Crippen molar-refractivity contribution in [3.05, 3.63) is 87.9 Å². The van der Waals surface area contributed by atoms with Crippen LogP contribution in [0.3, 0.4) is 0 Å². The molecular weight excluding hydrogens is 430 g/mol. The zero-order chi connectivity index (χ0) is 23.5. The minimum absolute atomic E-state index is 0.00170. The van der Waals surface area contributed by atoms with E-state index in [0.717, 1.165) is 22.3 Å². The number of esters is 1. The number of ketones is 1. The van der Waals surface area contributed by atoms with Crippen molar-refractivity contribution in [1.82, 2.24) is 4.72 Å². The quantitative estimate of drug-likeness (QED) is 0.406. The highest BCUT2D eigenvalue weighted by Crippen LogP contribution is 2.22. The Hall–Kier alpha value is -3.23. The van der Waals surface area contributed by atoms with Gasteiger partial charge in [-0.15, -0.1) is 0 Å². The van der Waals surface area contributed by atoms with Crippen LogP contribution in [-0.2, 0) is 21.3 Å². The minimum Gasteiger partial charge on any atom is -0.468 e. The van der Waals surface area contributed by atoms with E-state index in [0.29, 0.717) is 11.3 Å². The van der Waals surface area contributed by atoms with Gasteiger partial charge in [0, 0.05) is 5.56 Å². The average Bonchev–Trinajstić information content (AvgIpc) is 3.29. The Balaban J connectivity index is 1.65. The summed E-state index contributed by atoms with van der Waals surface area (Å²) in [6.07, 6.45) is 1.46. The average molecular weight is 456 g/mol. The molecule has 1 heterocycles. The molecule has 0 spiro atoms. The number of Topliss-reactive ketones (excluding diaryl/α,β-unsaturated/α-hetero) is 1. The summed E-state index contributed by atoms with van der Waals surface area (Å²) < 4.78 is 37.5. The third-order valence-electron chi connectivity index (χ3n) is 5.40. The molecule has 0 fully saturated rings. The summed E-state index contributed by atoms with van der Waals surface area (Å²) in [5, 5.41) is 0. The standard InChI is InChI=1S/C24H25NO6S/c1-15-12-16(2)18(4)23(17(15)3)22(26)14-31-24(27)19-7-9-21(10-8-19)32(28,29)25-13-20-6-5-11-30-20/h5-12,25H,13-14H2,1-4H3. The maximum absolute atomic E-state index is 12.7. The highest BCUT2D eigenvalue weighted by atomic mass is 32.2. The molecule has 0 aliphatic heterocycles. The third-order valence-corrected chi connectivity index (χ3v) is 6.81. The van der Waals surface area contributed by atoms with Gasteiger partial charge in [-0.1, -0.05) is 6.07 Å². The summed E-state index contributed by atoms with van der Waals surface area (Å²) in [5.74, 6) is -0.500. The van der Waals surface area contributed by atoms with Gasteiger partial charge in [0.2, 0.25) is 15.8 Å². The Morgan fingerprint density at radius 3 is 2.16 bits per heavy atom. The molecule has 0 atom stereocenters. The lowest BCUT2D eigenvalue weighted by molar-refractivity contribution is 0.0474. The Kier molecular flexibility index (Phi) is 6.96. The van der Waals surface area contributed by atoms with Crippen molar-refractivity contribution in [3.8, 4) is 0 Å². The van der Waals surface area contributed by atoms with E-state index in [4.69, 9.17) is 9.15 Å². The summed E-state index contributed by atoms with van der Waals surface area (Å²) >= 11 is 0. The largest absolute Gasteiger partial charge is 0.468 e. The predicted molar refractivity (Wildman–Crippen MR) is 119 cm³/mol. The summed E-state index contributed by atoms with van der Waals surface area (Å²) in [7, 11) is -3.77. The highest BCUT2D eigenvalue weighted by Gasteiger charge is 2.19. The molecule has 8 heteroatoms. The van der Waals surface area contributed by atoms with Gasteiger partial charge in [0.25, 0.3) is 0 Å². The van der Waals surface area contributed by atoms with Gasteiger partial charge >= 0.3 is 5.97 Å². The molecule has 1 aromatic heterocycles. The highest BCUT2D eigenvalue weighted by molar-refractivity contribution is 7.89. The molecule has 7 nitrogen and oxygen atoms in total. The fourth-order valence-electron chi connectivity index (χ4n) is 3.35. The monoisotopic (exact) mass is 455 g/mol. The number of rotatable bonds is 8. The number of furan rings is 1. The summed E-state index contributed by atoms with van der Waals surface area (Å²) in [5.41, 5.74) is 4.45. The van der Waals surface area contributed by atoms with Crippen molar-refractivity contribution >= 4 is 21.8 Å². The van der Waals surface area contributed by atoms with E-state index in [1.165, 1.54) is 30.5 Å². The molecule has 0 amide bonds. The number of hydrogen-bond acceptors (Lipinski definition) is 6. The van der Waals surface area contributed by atoms with E-state index < -0.39 is 22.6 Å². The van der Waals surface area contributed by atoms with E-state index in [-0.39, 0.29) is 22.8 Å². The molecule has 0 aliphatic rings. The molecule has 3 aromatic rings. The number of hydrogen-bond donors (Lipinski definition) is 1. The molecule has 1 N–H and O–H groups in total. The fraction of sp³-hybridized carbons (Fsp3) is 0.250. The second kappa shape index (κ2) is 9.50. The predicted octanol–water partition coefficient (Wildman–Crippen LogP) is 4.03. The normalized spacial score (nSPS) is 11.4. The van der Waals surface area contributed by atoms with E-state index in [1.807, 2.05) is 33.8 Å². The number of carbonyl (C=O) groups is 2. The van der Waals surface area contributed by atoms with Crippen molar-refractivity contribution in [2.24, 2.45) is 0 Å². The molecule has 168 valence electrons. The van der Waals surface area contributed by atoms with Crippen LogP contribution in [0, 0.1) is 27.7 Å². The molecule has 32 heavy (non-hydrogen) atoms. The van der Waals surface area contributed by atoms with Crippen LogP contribution in [-0.4, -0.2) is 26.8 Å². The smallest absolute Gasteiger partial charge is 0.338 e. The van der Waals surface area contributed by atoms with Crippen LogP contribution in [0.2, 0.25) is 0 Å². The lowest BCUT2D eigenvalue weighted by Gasteiger charge is -2.14. The van der Waals surface area contributed by atoms with Gasteiger partial charge in [-0.3, -0.25) is 4.79 Å². The van der Waals surface area contributed by atoms with Crippen molar-refractivity contribution < 1.29 is 27.2 Å². The van der Waals surface area contributed by atoms with Crippen molar-refractivity contribution in [3.63, 3.8) is 0 Å². The molecule has 0 radical (unpaired) electrons. The van der Waals surface area contributed by atoms with Gasteiger partial charge in [-0.05, 0) is 86.3 Å². The number of sulfonamides is 1. The Bertz CT molecular complexity index is 1220. The van der Waals surface area contributed by atoms with E-state index in [1.54, 1.807) is 12.1 Å². The second-order valence-corrected chi connectivity index (χ2v) is 9.33. The van der Waals surface area contributed by atoms with Gasteiger partial charge in [-0.25, -0.2) is 17.9 Å². The first-order valence-corrected chi connectivity index (χ1v) is 11.5. The maximum atomic E-state index is 12.7. The molecule has 0 saturated heterocycles.